The second-order valence-corrected chi connectivity index (χ2v) is 5.68. The topological polar surface area (TPSA) is 83.9 Å². The fourth-order valence-corrected chi connectivity index (χ4v) is 2.69. The smallest absolute Gasteiger partial charge is 0.261 e. The maximum atomic E-state index is 12.4. The number of ketones is 1. The number of hydrogen-bond donors (Lipinski definition) is 1. The number of imide groups is 1. The SMILES string of the molecule is O=C(CO)C(CN1C(=O)c2ccccc2C1=O)OCc1ccccc1. The number of nitrogens with zero attached hydrogens (tertiary/aromatic N) is 1. The van der Waals surface area contributed by atoms with Gasteiger partial charge in [0.15, 0.2) is 5.78 Å². The van der Waals surface area contributed by atoms with Crippen molar-refractivity contribution in [2.75, 3.05) is 13.2 Å². The summed E-state index contributed by atoms with van der Waals surface area (Å²) in [6, 6.07) is 15.7. The van der Waals surface area contributed by atoms with E-state index in [0.717, 1.165) is 10.5 Å². The fourth-order valence-electron chi connectivity index (χ4n) is 2.69. The standard InChI is InChI=1S/C19H17NO5/c21-11-16(22)17(25-12-13-6-2-1-3-7-13)10-20-18(23)14-8-4-5-9-15(14)19(20)24/h1-9,17,21H,10-12H2. The second kappa shape index (κ2) is 7.38. The molecular formula is C19H17NO5. The molecule has 0 saturated heterocycles. The van der Waals surface area contributed by atoms with Gasteiger partial charge in [-0.1, -0.05) is 42.5 Å². The molecule has 1 N–H and O–H groups in total. The molecule has 3 rings (SSSR count). The van der Waals surface area contributed by atoms with Crippen molar-refractivity contribution < 1.29 is 24.2 Å². The van der Waals surface area contributed by atoms with Gasteiger partial charge in [-0.05, 0) is 17.7 Å². The number of amides is 2. The molecule has 1 atom stereocenters. The van der Waals surface area contributed by atoms with Gasteiger partial charge in [0, 0.05) is 0 Å². The van der Waals surface area contributed by atoms with Gasteiger partial charge in [-0.2, -0.15) is 0 Å². The number of rotatable bonds is 7. The lowest BCUT2D eigenvalue weighted by molar-refractivity contribution is -0.134. The van der Waals surface area contributed by atoms with Crippen LogP contribution in [-0.4, -0.2) is 46.9 Å². The summed E-state index contributed by atoms with van der Waals surface area (Å²) in [4.78, 5) is 37.8. The van der Waals surface area contributed by atoms with Crippen LogP contribution in [-0.2, 0) is 16.1 Å². The number of carbonyl (C=O) groups is 3. The van der Waals surface area contributed by atoms with Crippen LogP contribution in [0.3, 0.4) is 0 Å². The molecule has 0 saturated carbocycles. The van der Waals surface area contributed by atoms with Gasteiger partial charge in [-0.15, -0.1) is 0 Å². The minimum absolute atomic E-state index is 0.139. The summed E-state index contributed by atoms with van der Waals surface area (Å²) >= 11 is 0. The summed E-state index contributed by atoms with van der Waals surface area (Å²) in [6.45, 7) is -0.804. The Balaban J connectivity index is 1.74. The molecule has 6 nitrogen and oxygen atoms in total. The van der Waals surface area contributed by atoms with Gasteiger partial charge in [0.2, 0.25) is 0 Å². The van der Waals surface area contributed by atoms with Crippen LogP contribution in [0.5, 0.6) is 0 Å². The van der Waals surface area contributed by atoms with E-state index in [1.54, 1.807) is 24.3 Å². The lowest BCUT2D eigenvalue weighted by Gasteiger charge is -2.21. The zero-order valence-corrected chi connectivity index (χ0v) is 13.4. The van der Waals surface area contributed by atoms with Gasteiger partial charge in [-0.25, -0.2) is 0 Å². The lowest BCUT2D eigenvalue weighted by Crippen LogP contribution is -2.42. The molecule has 0 radical (unpaired) electrons. The molecule has 0 bridgehead atoms. The molecular weight excluding hydrogens is 322 g/mol. The molecule has 1 aliphatic heterocycles. The molecule has 2 amide bonds. The van der Waals surface area contributed by atoms with Gasteiger partial charge in [0.25, 0.3) is 11.8 Å². The maximum Gasteiger partial charge on any atom is 0.261 e. The lowest BCUT2D eigenvalue weighted by atomic mass is 10.1. The maximum absolute atomic E-state index is 12.4. The highest BCUT2D eigenvalue weighted by Crippen LogP contribution is 2.23. The Kier molecular flexibility index (Phi) is 5.02. The highest BCUT2D eigenvalue weighted by Gasteiger charge is 2.37. The Bertz CT molecular complexity index is 767. The van der Waals surface area contributed by atoms with E-state index in [1.807, 2.05) is 30.3 Å². The molecule has 128 valence electrons. The summed E-state index contributed by atoms with van der Waals surface area (Å²) < 4.78 is 5.58. The molecule has 0 aromatic heterocycles. The number of benzene rings is 2. The third-order valence-electron chi connectivity index (χ3n) is 4.04. The Hall–Kier alpha value is -2.83. The first-order valence-corrected chi connectivity index (χ1v) is 7.86. The predicted octanol–water partition coefficient (Wildman–Crippen LogP) is 1.43. The average molecular weight is 339 g/mol. The number of fused-ring (bicyclic) bond motifs is 1. The third-order valence-corrected chi connectivity index (χ3v) is 4.04. The number of Topliss-reactive ketones (excluding diaryl/α,β-unsaturated/α-hetero) is 1. The highest BCUT2D eigenvalue weighted by molar-refractivity contribution is 6.21. The van der Waals surface area contributed by atoms with E-state index in [1.165, 1.54) is 0 Å². The minimum Gasteiger partial charge on any atom is -0.388 e. The zero-order valence-electron chi connectivity index (χ0n) is 13.4. The van der Waals surface area contributed by atoms with E-state index >= 15 is 0 Å². The van der Waals surface area contributed by atoms with Gasteiger partial charge >= 0.3 is 0 Å². The molecule has 25 heavy (non-hydrogen) atoms. The molecule has 2 aromatic rings. The van der Waals surface area contributed by atoms with Gasteiger partial charge in [-0.3, -0.25) is 19.3 Å². The molecule has 1 unspecified atom stereocenters. The van der Waals surface area contributed by atoms with E-state index in [2.05, 4.69) is 0 Å². The highest BCUT2D eigenvalue weighted by atomic mass is 16.5. The quantitative estimate of drug-likeness (QED) is 0.772. The summed E-state index contributed by atoms with van der Waals surface area (Å²) in [7, 11) is 0. The Morgan fingerprint density at radius 2 is 1.52 bits per heavy atom. The molecule has 0 aliphatic carbocycles. The number of hydrogen-bond acceptors (Lipinski definition) is 5. The average Bonchev–Trinajstić information content (AvgIpc) is 2.90. The third kappa shape index (κ3) is 3.50. The van der Waals surface area contributed by atoms with Crippen LogP contribution in [0.1, 0.15) is 26.3 Å². The Labute approximate surface area is 144 Å². The van der Waals surface area contributed by atoms with E-state index in [4.69, 9.17) is 9.84 Å². The monoisotopic (exact) mass is 339 g/mol. The van der Waals surface area contributed by atoms with Gasteiger partial charge < -0.3 is 9.84 Å². The van der Waals surface area contributed by atoms with Gasteiger partial charge in [0.1, 0.15) is 12.7 Å². The number of aliphatic hydroxyl groups is 1. The zero-order chi connectivity index (χ0) is 17.8. The van der Waals surface area contributed by atoms with Crippen LogP contribution in [0.25, 0.3) is 0 Å². The van der Waals surface area contributed by atoms with Crippen molar-refractivity contribution in [3.8, 4) is 0 Å². The van der Waals surface area contributed by atoms with Crippen molar-refractivity contribution in [1.82, 2.24) is 4.90 Å². The summed E-state index contributed by atoms with van der Waals surface area (Å²) in [5, 5.41) is 9.16. The summed E-state index contributed by atoms with van der Waals surface area (Å²) in [5.41, 5.74) is 1.47. The summed E-state index contributed by atoms with van der Waals surface area (Å²) in [5.74, 6) is -1.49. The van der Waals surface area contributed by atoms with Crippen molar-refractivity contribution in [3.05, 3.63) is 71.3 Å². The van der Waals surface area contributed by atoms with Crippen LogP contribution < -0.4 is 0 Å². The van der Waals surface area contributed by atoms with Crippen LogP contribution in [0.15, 0.2) is 54.6 Å². The van der Waals surface area contributed by atoms with Crippen molar-refractivity contribution in [2.24, 2.45) is 0 Å². The Morgan fingerprint density at radius 3 is 2.08 bits per heavy atom. The first kappa shape index (κ1) is 17.0. The predicted molar refractivity (Wildman–Crippen MR) is 88.9 cm³/mol. The molecule has 0 spiro atoms. The van der Waals surface area contributed by atoms with E-state index in [0.29, 0.717) is 11.1 Å². The number of ether oxygens (including phenoxy) is 1. The molecule has 2 aromatic carbocycles. The minimum atomic E-state index is -1.08. The van der Waals surface area contributed by atoms with Crippen LogP contribution in [0, 0.1) is 0 Å². The first-order chi connectivity index (χ1) is 12.1. The normalized spacial score (nSPS) is 14.5. The number of carbonyl (C=O) groups excluding carboxylic acids is 3. The summed E-state index contributed by atoms with van der Waals surface area (Å²) in [6.07, 6.45) is -1.08. The van der Waals surface area contributed by atoms with Crippen molar-refractivity contribution in [1.29, 1.82) is 0 Å². The van der Waals surface area contributed by atoms with Crippen LogP contribution in [0.2, 0.25) is 0 Å². The van der Waals surface area contributed by atoms with Crippen molar-refractivity contribution in [2.45, 2.75) is 12.7 Å². The second-order valence-electron chi connectivity index (χ2n) is 5.68. The van der Waals surface area contributed by atoms with E-state index < -0.39 is 30.3 Å². The van der Waals surface area contributed by atoms with Gasteiger partial charge in [0.05, 0.1) is 24.3 Å². The van der Waals surface area contributed by atoms with E-state index in [9.17, 15) is 14.4 Å². The van der Waals surface area contributed by atoms with Crippen molar-refractivity contribution >= 4 is 17.6 Å². The molecule has 6 heteroatoms. The first-order valence-electron chi connectivity index (χ1n) is 7.86. The largest absolute Gasteiger partial charge is 0.388 e. The molecule has 1 aliphatic rings. The number of aliphatic hydroxyl groups excluding tert-OH is 1. The van der Waals surface area contributed by atoms with Crippen molar-refractivity contribution in [3.63, 3.8) is 0 Å². The molecule has 0 fully saturated rings. The Morgan fingerprint density at radius 1 is 0.960 bits per heavy atom. The van der Waals surface area contributed by atoms with Crippen LogP contribution in [0.4, 0.5) is 0 Å². The van der Waals surface area contributed by atoms with E-state index in [-0.39, 0.29) is 13.2 Å². The van der Waals surface area contributed by atoms with Crippen LogP contribution >= 0.6 is 0 Å². The molecule has 1 heterocycles. The fraction of sp³-hybridized carbons (Fsp3) is 0.211.